The van der Waals surface area contributed by atoms with Gasteiger partial charge in [-0.2, -0.15) is 4.99 Å². The molecule has 1 radical (unpaired) electrons. The Morgan fingerprint density at radius 1 is 1.14 bits per heavy atom. The van der Waals surface area contributed by atoms with E-state index in [-0.39, 0.29) is 11.8 Å². The smallest absolute Gasteiger partial charge is 0.308 e. The molecule has 1 aliphatic carbocycles. The molecule has 2 fully saturated rings. The number of benzene rings is 1. The third-order valence-electron chi connectivity index (χ3n) is 6.67. The van der Waals surface area contributed by atoms with Crippen LogP contribution in [0.4, 0.5) is 11.5 Å². The van der Waals surface area contributed by atoms with E-state index in [9.17, 15) is 9.59 Å². The molecule has 1 saturated carbocycles. The standard InChI is InChI=1S/C27H29N7O3/c35-25(30-21-5-6-21)15-19-2-1-3-22(14-19)34-17-23(26-28-8-9-33(26)18-34)31-24-7-4-20(16-29-24)27(36)32-10-12-37-13-11-32/h1-4,7-9,14,16-17,21H,5-6,10-13,15,18H2,(H,29,31)(H,30,35)/q+1. The number of anilines is 2. The molecule has 6 rings (SSSR count). The van der Waals surface area contributed by atoms with Crippen LogP contribution in [0, 0.1) is 0 Å². The molecule has 0 atom stereocenters. The second-order valence-corrected chi connectivity index (χ2v) is 9.52. The first-order valence-corrected chi connectivity index (χ1v) is 12.6. The maximum atomic E-state index is 12.7. The maximum absolute atomic E-state index is 12.7. The molecule has 10 nitrogen and oxygen atoms in total. The highest BCUT2D eigenvalue weighted by molar-refractivity contribution is 6.06. The zero-order valence-electron chi connectivity index (χ0n) is 20.5. The van der Waals surface area contributed by atoms with Crippen LogP contribution >= 0.6 is 0 Å². The molecule has 2 N–H and O–H groups in total. The number of rotatable bonds is 7. The molecule has 0 spiro atoms. The number of hydrogen-bond donors (Lipinski definition) is 2. The predicted molar refractivity (Wildman–Crippen MR) is 140 cm³/mol. The fraction of sp³-hybridized carbons (Fsp3) is 0.333. The van der Waals surface area contributed by atoms with Gasteiger partial charge in [0.25, 0.3) is 5.91 Å². The van der Waals surface area contributed by atoms with Crippen LogP contribution in [0.15, 0.2) is 71.9 Å². The Morgan fingerprint density at radius 3 is 2.78 bits per heavy atom. The van der Waals surface area contributed by atoms with Gasteiger partial charge in [-0.05, 0) is 42.7 Å². The summed E-state index contributed by atoms with van der Waals surface area (Å²) in [6, 6.07) is 12.0. The molecule has 1 saturated heterocycles. The van der Waals surface area contributed by atoms with E-state index in [2.05, 4.69) is 25.5 Å². The summed E-state index contributed by atoms with van der Waals surface area (Å²) >= 11 is 0. The molecule has 10 heteroatoms. The van der Waals surface area contributed by atoms with E-state index in [1.807, 2.05) is 41.6 Å². The van der Waals surface area contributed by atoms with Gasteiger partial charge in [0, 0.05) is 37.2 Å². The normalized spacial score (nSPS) is 19.2. The van der Waals surface area contributed by atoms with Gasteiger partial charge in [-0.25, -0.2) is 4.98 Å². The number of aromatic nitrogens is 1. The highest BCUT2D eigenvalue weighted by atomic mass is 16.5. The van der Waals surface area contributed by atoms with Gasteiger partial charge in [-0.3, -0.25) is 14.5 Å². The minimum atomic E-state index is -0.0355. The fourth-order valence-corrected chi connectivity index (χ4v) is 4.55. The lowest BCUT2D eigenvalue weighted by atomic mass is 10.1. The number of amidine groups is 1. The number of carbonyl (C=O) groups excluding carboxylic acids is 2. The fourth-order valence-electron chi connectivity index (χ4n) is 4.55. The van der Waals surface area contributed by atoms with Crippen LogP contribution in [0.2, 0.25) is 0 Å². The van der Waals surface area contributed by atoms with Gasteiger partial charge in [0.15, 0.2) is 6.20 Å². The van der Waals surface area contributed by atoms with Crippen molar-refractivity contribution < 1.29 is 14.3 Å². The number of morpholine rings is 1. The van der Waals surface area contributed by atoms with Crippen molar-refractivity contribution in [2.45, 2.75) is 25.3 Å². The predicted octanol–water partition coefficient (Wildman–Crippen LogP) is 2.13. The third kappa shape index (κ3) is 5.40. The summed E-state index contributed by atoms with van der Waals surface area (Å²) in [5.41, 5.74) is 3.29. The number of ether oxygens (including phenoxy) is 1. The first-order valence-electron chi connectivity index (χ1n) is 12.6. The lowest BCUT2D eigenvalue weighted by molar-refractivity contribution is -0.120. The molecular formula is C27H29N7O3+. The largest absolute Gasteiger partial charge is 0.378 e. The lowest BCUT2D eigenvalue weighted by Crippen LogP contribution is -2.46. The summed E-state index contributed by atoms with van der Waals surface area (Å²) in [5.74, 6) is 1.44. The quantitative estimate of drug-likeness (QED) is 0.566. The number of hydrogen-bond acceptors (Lipinski definition) is 8. The number of nitrogens with one attached hydrogen (secondary N) is 2. The van der Waals surface area contributed by atoms with E-state index in [0.29, 0.717) is 56.8 Å². The van der Waals surface area contributed by atoms with E-state index < -0.39 is 0 Å². The molecule has 4 aliphatic rings. The second-order valence-electron chi connectivity index (χ2n) is 9.52. The highest BCUT2D eigenvalue weighted by Gasteiger charge is 2.36. The first-order chi connectivity index (χ1) is 18.1. The van der Waals surface area contributed by atoms with Crippen LogP contribution in [0.5, 0.6) is 0 Å². The number of nitrogens with zero attached hydrogens (tertiary/aromatic N) is 5. The second kappa shape index (κ2) is 10.2. The Labute approximate surface area is 215 Å². The van der Waals surface area contributed by atoms with Gasteiger partial charge in [-0.15, -0.1) is 0 Å². The number of amides is 2. The van der Waals surface area contributed by atoms with Gasteiger partial charge in [0.2, 0.25) is 12.6 Å². The first kappa shape index (κ1) is 23.4. The number of aliphatic imine (C=N–C) groups is 1. The molecule has 4 heterocycles. The van der Waals surface area contributed by atoms with Crippen molar-refractivity contribution in [2.24, 2.45) is 4.99 Å². The topological polar surface area (TPSA) is 105 Å². The Bertz CT molecular complexity index is 1280. The minimum absolute atomic E-state index is 0.0355. The summed E-state index contributed by atoms with van der Waals surface area (Å²) < 4.78 is 5.34. The number of pyridine rings is 1. The van der Waals surface area contributed by atoms with Crippen molar-refractivity contribution in [1.29, 1.82) is 0 Å². The monoisotopic (exact) mass is 499 g/mol. The molecule has 1 aromatic carbocycles. The van der Waals surface area contributed by atoms with E-state index in [4.69, 9.17) is 4.74 Å². The highest BCUT2D eigenvalue weighted by Crippen LogP contribution is 2.25. The minimum Gasteiger partial charge on any atom is -0.378 e. The Hall–Kier alpha value is -4.02. The number of carbonyl (C=O) groups is 2. The van der Waals surface area contributed by atoms with Gasteiger partial charge in [-0.1, -0.05) is 17.0 Å². The molecule has 2 aromatic rings. The molecule has 189 valence electrons. The summed E-state index contributed by atoms with van der Waals surface area (Å²) in [6.45, 7) is 2.91. The summed E-state index contributed by atoms with van der Waals surface area (Å²) in [4.78, 5) is 40.0. The van der Waals surface area contributed by atoms with Crippen molar-refractivity contribution in [3.8, 4) is 0 Å². The summed E-state index contributed by atoms with van der Waals surface area (Å²) in [6.07, 6.45) is 9.82. The Balaban J connectivity index is 1.18. The molecule has 1 aromatic heterocycles. The molecular weight excluding hydrogens is 470 g/mol. The van der Waals surface area contributed by atoms with Crippen molar-refractivity contribution >= 4 is 29.2 Å². The van der Waals surface area contributed by atoms with Crippen LogP contribution in [0.25, 0.3) is 0 Å². The van der Waals surface area contributed by atoms with Crippen LogP contribution in [0.3, 0.4) is 0 Å². The third-order valence-corrected chi connectivity index (χ3v) is 6.67. The Morgan fingerprint density at radius 2 is 2.00 bits per heavy atom. The van der Waals surface area contributed by atoms with Gasteiger partial charge in [0.05, 0.1) is 31.4 Å². The molecule has 37 heavy (non-hydrogen) atoms. The SMILES string of the molecule is O=C(Cc1cccc(N2C=C(Nc3ccc(C(=O)N4CCOCC4)cn3)C3=NC=C[N+]3C2)c1)NC1CC1. The van der Waals surface area contributed by atoms with Crippen LogP contribution in [-0.4, -0.2) is 66.5 Å². The average Bonchev–Trinajstić information content (AvgIpc) is 3.60. The zero-order valence-corrected chi connectivity index (χ0v) is 20.5. The summed E-state index contributed by atoms with van der Waals surface area (Å²) in [5, 5.41) is 6.41. The lowest BCUT2D eigenvalue weighted by Gasteiger charge is -2.27. The molecule has 0 bridgehead atoms. The van der Waals surface area contributed by atoms with Gasteiger partial charge >= 0.3 is 5.84 Å². The van der Waals surface area contributed by atoms with Crippen molar-refractivity contribution in [3.05, 3.63) is 78.0 Å². The molecule has 2 amide bonds. The van der Waals surface area contributed by atoms with Crippen molar-refractivity contribution in [1.82, 2.24) is 20.1 Å². The summed E-state index contributed by atoms with van der Waals surface area (Å²) in [7, 11) is 0. The molecule has 0 unspecified atom stereocenters. The van der Waals surface area contributed by atoms with E-state index in [1.54, 1.807) is 29.4 Å². The van der Waals surface area contributed by atoms with Crippen LogP contribution < -0.4 is 20.4 Å². The van der Waals surface area contributed by atoms with Gasteiger partial charge < -0.3 is 20.3 Å². The molecule has 3 aliphatic heterocycles. The zero-order chi connectivity index (χ0) is 25.2. The average molecular weight is 500 g/mol. The van der Waals surface area contributed by atoms with Crippen molar-refractivity contribution in [3.63, 3.8) is 0 Å². The van der Waals surface area contributed by atoms with Crippen molar-refractivity contribution in [2.75, 3.05) is 43.2 Å². The maximum Gasteiger partial charge on any atom is 0.308 e. The van der Waals surface area contributed by atoms with Crippen LogP contribution in [-0.2, 0) is 16.0 Å². The van der Waals surface area contributed by atoms with Crippen LogP contribution in [0.1, 0.15) is 28.8 Å². The van der Waals surface area contributed by atoms with E-state index in [0.717, 1.165) is 35.6 Å². The van der Waals surface area contributed by atoms with E-state index >= 15 is 0 Å². The number of fused-ring (bicyclic) bond motifs is 1. The van der Waals surface area contributed by atoms with Gasteiger partial charge in [0.1, 0.15) is 11.5 Å². The van der Waals surface area contributed by atoms with E-state index in [1.165, 1.54) is 0 Å². The Kier molecular flexibility index (Phi) is 6.42.